The van der Waals surface area contributed by atoms with E-state index >= 15 is 0 Å². The molecule has 0 saturated carbocycles. The van der Waals surface area contributed by atoms with Crippen molar-refractivity contribution in [3.05, 3.63) is 34.9 Å². The molecule has 1 aliphatic heterocycles. The van der Waals surface area contributed by atoms with Gasteiger partial charge in [-0.2, -0.15) is 10.1 Å². The predicted octanol–water partition coefficient (Wildman–Crippen LogP) is 1.42. The topological polar surface area (TPSA) is 89.2 Å². The molecule has 0 aromatic heterocycles. The van der Waals surface area contributed by atoms with E-state index in [1.54, 1.807) is 0 Å². The van der Waals surface area contributed by atoms with Crippen LogP contribution >= 0.6 is 0 Å². The van der Waals surface area contributed by atoms with Crippen LogP contribution in [0.1, 0.15) is 30.5 Å². The van der Waals surface area contributed by atoms with Crippen LogP contribution < -0.4 is 11.5 Å². The van der Waals surface area contributed by atoms with Crippen molar-refractivity contribution in [1.29, 1.82) is 0 Å². The molecule has 6 nitrogen and oxygen atoms in total. The monoisotopic (exact) mass is 275 g/mol. The minimum Gasteiger partial charge on any atom is -0.368 e. The third kappa shape index (κ3) is 2.75. The van der Waals surface area contributed by atoms with Gasteiger partial charge < -0.3 is 11.5 Å². The SMILES string of the molecule is Cc1cccc(C)c1CON1C(N)=NC(N)=NC1(C)C. The third-order valence-electron chi connectivity index (χ3n) is 3.30. The number of rotatable bonds is 3. The molecule has 4 N–H and O–H groups in total. The third-order valence-corrected chi connectivity index (χ3v) is 3.30. The number of aliphatic imine (C=N–C) groups is 2. The molecule has 1 aromatic rings. The molecule has 1 heterocycles. The zero-order valence-corrected chi connectivity index (χ0v) is 12.3. The van der Waals surface area contributed by atoms with E-state index in [-0.39, 0.29) is 11.9 Å². The summed E-state index contributed by atoms with van der Waals surface area (Å²) in [6.07, 6.45) is 0. The van der Waals surface area contributed by atoms with E-state index in [1.807, 2.05) is 19.9 Å². The van der Waals surface area contributed by atoms with E-state index in [0.717, 1.165) is 5.56 Å². The Morgan fingerprint density at radius 3 is 2.35 bits per heavy atom. The van der Waals surface area contributed by atoms with E-state index in [0.29, 0.717) is 6.61 Å². The first kappa shape index (κ1) is 14.3. The second-order valence-corrected chi connectivity index (χ2v) is 5.37. The van der Waals surface area contributed by atoms with Crippen molar-refractivity contribution in [2.45, 2.75) is 40.0 Å². The number of aryl methyl sites for hydroxylation is 2. The van der Waals surface area contributed by atoms with Crippen molar-refractivity contribution in [3.8, 4) is 0 Å². The number of hydrogen-bond acceptors (Lipinski definition) is 6. The first-order chi connectivity index (χ1) is 9.31. The van der Waals surface area contributed by atoms with E-state index < -0.39 is 5.66 Å². The Bertz CT molecular complexity index is 557. The van der Waals surface area contributed by atoms with Gasteiger partial charge in [-0.3, -0.25) is 4.84 Å². The molecular formula is C14H21N5O. The fourth-order valence-electron chi connectivity index (χ4n) is 2.22. The molecule has 0 fully saturated rings. The lowest BCUT2D eigenvalue weighted by Gasteiger charge is -2.37. The predicted molar refractivity (Wildman–Crippen MR) is 79.9 cm³/mol. The van der Waals surface area contributed by atoms with Crippen LogP contribution in [0.4, 0.5) is 0 Å². The minimum atomic E-state index is -0.674. The summed E-state index contributed by atoms with van der Waals surface area (Å²) in [5.41, 5.74) is 14.3. The van der Waals surface area contributed by atoms with Crippen LogP contribution in [-0.2, 0) is 11.4 Å². The number of guanidine groups is 2. The van der Waals surface area contributed by atoms with E-state index in [1.165, 1.54) is 16.2 Å². The number of hydrogen-bond donors (Lipinski definition) is 2. The van der Waals surface area contributed by atoms with Crippen molar-refractivity contribution in [2.24, 2.45) is 21.5 Å². The average molecular weight is 275 g/mol. The minimum absolute atomic E-state index is 0.166. The van der Waals surface area contributed by atoms with Crippen molar-refractivity contribution >= 4 is 11.9 Å². The van der Waals surface area contributed by atoms with Gasteiger partial charge in [-0.15, -0.1) is 0 Å². The summed E-state index contributed by atoms with van der Waals surface area (Å²) in [5.74, 6) is 0.383. The van der Waals surface area contributed by atoms with Crippen molar-refractivity contribution in [2.75, 3.05) is 0 Å². The van der Waals surface area contributed by atoms with Gasteiger partial charge in [-0.25, -0.2) is 4.99 Å². The standard InChI is InChI=1S/C14H21N5O/c1-9-6-5-7-10(2)11(9)8-20-19-13(16)17-12(15)18-14(19,3)4/h5-7H,8H2,1-4H3,(H4,15,16,17,18). The fraction of sp³-hybridized carbons (Fsp3) is 0.429. The fourth-order valence-corrected chi connectivity index (χ4v) is 2.22. The second kappa shape index (κ2) is 5.13. The van der Waals surface area contributed by atoms with Crippen LogP contribution in [0.25, 0.3) is 0 Å². The second-order valence-electron chi connectivity index (χ2n) is 5.37. The molecular weight excluding hydrogens is 254 g/mol. The zero-order valence-electron chi connectivity index (χ0n) is 12.3. The maximum atomic E-state index is 5.88. The average Bonchev–Trinajstić information content (AvgIpc) is 2.30. The Labute approximate surface area is 119 Å². The van der Waals surface area contributed by atoms with Crippen molar-refractivity contribution in [3.63, 3.8) is 0 Å². The van der Waals surface area contributed by atoms with Crippen LogP contribution in [-0.4, -0.2) is 22.6 Å². The summed E-state index contributed by atoms with van der Waals surface area (Å²) >= 11 is 0. The highest BCUT2D eigenvalue weighted by Crippen LogP contribution is 2.22. The normalized spacial score (nSPS) is 17.7. The molecule has 0 spiro atoms. The molecule has 0 bridgehead atoms. The highest BCUT2D eigenvalue weighted by Gasteiger charge is 2.33. The van der Waals surface area contributed by atoms with Crippen molar-refractivity contribution < 1.29 is 4.84 Å². The first-order valence-electron chi connectivity index (χ1n) is 6.49. The maximum absolute atomic E-state index is 5.88. The van der Waals surface area contributed by atoms with Gasteiger partial charge in [-0.1, -0.05) is 18.2 Å². The van der Waals surface area contributed by atoms with Gasteiger partial charge in [0.15, 0.2) is 5.66 Å². The molecule has 20 heavy (non-hydrogen) atoms. The maximum Gasteiger partial charge on any atom is 0.226 e. The lowest BCUT2D eigenvalue weighted by molar-refractivity contribution is -0.167. The molecule has 0 saturated heterocycles. The summed E-state index contributed by atoms with van der Waals surface area (Å²) in [6.45, 7) is 8.26. The van der Waals surface area contributed by atoms with Gasteiger partial charge in [0.1, 0.15) is 6.61 Å². The van der Waals surface area contributed by atoms with Crippen molar-refractivity contribution in [1.82, 2.24) is 5.06 Å². The molecule has 1 aliphatic rings. The molecule has 0 atom stereocenters. The van der Waals surface area contributed by atoms with E-state index in [4.69, 9.17) is 16.3 Å². The Morgan fingerprint density at radius 2 is 1.80 bits per heavy atom. The van der Waals surface area contributed by atoms with Gasteiger partial charge in [0.25, 0.3) is 0 Å². The highest BCUT2D eigenvalue weighted by atomic mass is 16.7. The van der Waals surface area contributed by atoms with Gasteiger partial charge >= 0.3 is 0 Å². The zero-order chi connectivity index (χ0) is 14.9. The Kier molecular flexibility index (Phi) is 3.67. The summed E-state index contributed by atoms with van der Waals surface area (Å²) in [7, 11) is 0. The van der Waals surface area contributed by atoms with Gasteiger partial charge in [0.2, 0.25) is 11.9 Å². The summed E-state index contributed by atoms with van der Waals surface area (Å²) < 4.78 is 0. The lowest BCUT2D eigenvalue weighted by Crippen LogP contribution is -2.53. The Morgan fingerprint density at radius 1 is 1.20 bits per heavy atom. The first-order valence-corrected chi connectivity index (χ1v) is 6.49. The van der Waals surface area contributed by atoms with E-state index in [9.17, 15) is 0 Å². The number of benzene rings is 1. The van der Waals surface area contributed by atoms with Crippen LogP contribution in [0.15, 0.2) is 28.2 Å². The molecule has 108 valence electrons. The molecule has 6 heteroatoms. The number of nitrogens with zero attached hydrogens (tertiary/aromatic N) is 3. The highest BCUT2D eigenvalue weighted by molar-refractivity contribution is 5.95. The van der Waals surface area contributed by atoms with Crippen LogP contribution in [0.2, 0.25) is 0 Å². The molecule has 0 unspecified atom stereocenters. The smallest absolute Gasteiger partial charge is 0.226 e. The summed E-state index contributed by atoms with van der Waals surface area (Å²) in [5, 5.41) is 1.50. The molecule has 0 amide bonds. The van der Waals surface area contributed by atoms with Gasteiger partial charge in [0, 0.05) is 0 Å². The van der Waals surface area contributed by atoms with Gasteiger partial charge in [0.05, 0.1) is 0 Å². The van der Waals surface area contributed by atoms with Crippen LogP contribution in [0.5, 0.6) is 0 Å². The molecule has 2 rings (SSSR count). The molecule has 1 aromatic carbocycles. The Hall–Kier alpha value is -2.08. The quantitative estimate of drug-likeness (QED) is 0.873. The number of hydroxylamine groups is 2. The van der Waals surface area contributed by atoms with Gasteiger partial charge in [-0.05, 0) is 44.4 Å². The number of nitrogens with two attached hydrogens (primary N) is 2. The summed E-state index contributed by atoms with van der Waals surface area (Å²) in [4.78, 5) is 14.0. The van der Waals surface area contributed by atoms with E-state index in [2.05, 4.69) is 36.0 Å². The summed E-state index contributed by atoms with van der Waals surface area (Å²) in [6, 6.07) is 6.14. The van der Waals surface area contributed by atoms with Crippen LogP contribution in [0.3, 0.4) is 0 Å². The molecule has 0 aliphatic carbocycles. The Balaban J connectivity index is 2.17. The lowest BCUT2D eigenvalue weighted by atomic mass is 10.0. The van der Waals surface area contributed by atoms with Crippen LogP contribution in [0, 0.1) is 13.8 Å². The molecule has 0 radical (unpaired) electrons. The largest absolute Gasteiger partial charge is 0.368 e.